The summed E-state index contributed by atoms with van der Waals surface area (Å²) in [5.74, 6) is -0.245. The third-order valence-corrected chi connectivity index (χ3v) is 14.7. The first kappa shape index (κ1) is 65.1. The summed E-state index contributed by atoms with van der Waals surface area (Å²) in [6, 6.07) is -0.878. The van der Waals surface area contributed by atoms with Crippen molar-refractivity contribution in [3.63, 3.8) is 0 Å². The molecule has 0 spiro atoms. The number of unbranched alkanes of at least 4 members (excludes halogenated alkanes) is 25. The SMILES string of the molecule is CCCCCCCCCCCCCCCCCCCCC(O)C(COC1OC(CO)C(OC2OC(CO)C(OC3OC(CO)C(O)C(O)C3O)C(O)C2O)C(O)C1O)NC(=O)CCCCCCCCCCC. The summed E-state index contributed by atoms with van der Waals surface area (Å²) in [6.45, 7) is 1.76. The van der Waals surface area contributed by atoms with Gasteiger partial charge in [-0.25, -0.2) is 0 Å². The van der Waals surface area contributed by atoms with Gasteiger partial charge in [-0.3, -0.25) is 4.79 Å². The molecule has 17 atom stereocenters. The van der Waals surface area contributed by atoms with Gasteiger partial charge in [0.1, 0.15) is 73.2 Å². The smallest absolute Gasteiger partial charge is 0.220 e. The van der Waals surface area contributed by atoms with Crippen molar-refractivity contribution in [1.82, 2.24) is 5.32 Å². The highest BCUT2D eigenvalue weighted by Gasteiger charge is 2.53. The van der Waals surface area contributed by atoms with Crippen LogP contribution in [0.1, 0.15) is 200 Å². The van der Waals surface area contributed by atoms with Crippen LogP contribution in [-0.4, -0.2) is 193 Å². The van der Waals surface area contributed by atoms with Crippen molar-refractivity contribution in [1.29, 1.82) is 0 Å². The molecule has 3 saturated heterocycles. The summed E-state index contributed by atoms with van der Waals surface area (Å²) in [4.78, 5) is 13.2. The lowest BCUT2D eigenvalue weighted by molar-refractivity contribution is -0.379. The molecule has 72 heavy (non-hydrogen) atoms. The van der Waals surface area contributed by atoms with Crippen molar-refractivity contribution in [3.8, 4) is 0 Å². The van der Waals surface area contributed by atoms with Crippen molar-refractivity contribution in [2.24, 2.45) is 0 Å². The standard InChI is InChI=1S/C53H101NO18/c1-3-5-7-9-11-13-14-15-16-17-18-19-20-21-23-24-26-28-30-37(58)36(54-41(59)31-29-27-25-22-12-10-8-6-4-2)35-67-51-47(65)44(62)49(39(33-56)69-51)72-53-48(66)45(63)50(40(34-57)70-53)71-52-46(64)43(61)42(60)38(32-55)68-52/h36-40,42-53,55-58,60-66H,3-35H2,1-2H3,(H,54,59). The average molecular weight is 1040 g/mol. The second-order valence-corrected chi connectivity index (χ2v) is 20.8. The first-order chi connectivity index (χ1) is 34.8. The number of aliphatic hydroxyl groups excluding tert-OH is 11. The number of carbonyl (C=O) groups is 1. The van der Waals surface area contributed by atoms with Crippen molar-refractivity contribution < 1.29 is 89.4 Å². The predicted molar refractivity (Wildman–Crippen MR) is 268 cm³/mol. The summed E-state index contributed by atoms with van der Waals surface area (Å²) in [6.07, 6.45) is 6.40. The van der Waals surface area contributed by atoms with Crippen LogP contribution in [0.5, 0.6) is 0 Å². The van der Waals surface area contributed by atoms with Gasteiger partial charge in [-0.05, 0) is 12.8 Å². The molecule has 0 bridgehead atoms. The number of carbonyl (C=O) groups excluding carboxylic acids is 1. The van der Waals surface area contributed by atoms with Gasteiger partial charge in [0.25, 0.3) is 0 Å². The zero-order chi connectivity index (χ0) is 52.7. The summed E-state index contributed by atoms with van der Waals surface area (Å²) in [5, 5.41) is 120. The van der Waals surface area contributed by atoms with Gasteiger partial charge in [0.05, 0.1) is 38.6 Å². The lowest BCUT2D eigenvalue weighted by Gasteiger charge is -2.48. The van der Waals surface area contributed by atoms with E-state index in [-0.39, 0.29) is 18.9 Å². The van der Waals surface area contributed by atoms with Crippen LogP contribution in [0.25, 0.3) is 0 Å². The molecule has 3 fully saturated rings. The molecule has 19 nitrogen and oxygen atoms in total. The molecule has 1 amide bonds. The number of hydrogen-bond donors (Lipinski definition) is 12. The van der Waals surface area contributed by atoms with Crippen LogP contribution < -0.4 is 5.32 Å². The maximum atomic E-state index is 13.2. The van der Waals surface area contributed by atoms with Gasteiger partial charge in [-0.1, -0.05) is 181 Å². The van der Waals surface area contributed by atoms with Crippen molar-refractivity contribution in [2.75, 3.05) is 26.4 Å². The number of rotatable bonds is 41. The minimum Gasteiger partial charge on any atom is -0.394 e. The quantitative estimate of drug-likeness (QED) is 0.0389. The largest absolute Gasteiger partial charge is 0.394 e. The summed E-state index contributed by atoms with van der Waals surface area (Å²) in [7, 11) is 0. The molecule has 3 aliphatic rings. The highest BCUT2D eigenvalue weighted by atomic mass is 16.8. The molecular weight excluding hydrogens is 939 g/mol. The fraction of sp³-hybridized carbons (Fsp3) is 0.981. The van der Waals surface area contributed by atoms with E-state index in [1.165, 1.54) is 122 Å². The molecular formula is C53H101NO18. The molecule has 426 valence electrons. The third kappa shape index (κ3) is 23.2. The Bertz CT molecular complexity index is 1340. The van der Waals surface area contributed by atoms with Crippen molar-refractivity contribution in [2.45, 2.75) is 304 Å². The van der Waals surface area contributed by atoms with E-state index in [0.29, 0.717) is 12.8 Å². The molecule has 3 rings (SSSR count). The van der Waals surface area contributed by atoms with Crippen LogP contribution >= 0.6 is 0 Å². The van der Waals surface area contributed by atoms with E-state index in [4.69, 9.17) is 28.4 Å². The first-order valence-electron chi connectivity index (χ1n) is 28.3. The van der Waals surface area contributed by atoms with Crippen LogP contribution in [0, 0.1) is 0 Å². The van der Waals surface area contributed by atoms with Crippen LogP contribution in [0.3, 0.4) is 0 Å². The van der Waals surface area contributed by atoms with Gasteiger partial charge in [0, 0.05) is 6.42 Å². The summed E-state index contributed by atoms with van der Waals surface area (Å²) >= 11 is 0. The van der Waals surface area contributed by atoms with Gasteiger partial charge in [0.2, 0.25) is 5.91 Å². The van der Waals surface area contributed by atoms with Crippen LogP contribution in [0.2, 0.25) is 0 Å². The molecule has 0 aromatic carbocycles. The predicted octanol–water partition coefficient (Wildman–Crippen LogP) is 3.65. The van der Waals surface area contributed by atoms with Crippen LogP contribution in [-0.2, 0) is 33.2 Å². The summed E-state index contributed by atoms with van der Waals surface area (Å²) < 4.78 is 34.2. The van der Waals surface area contributed by atoms with E-state index < -0.39 is 124 Å². The van der Waals surface area contributed by atoms with Gasteiger partial charge >= 0.3 is 0 Å². The first-order valence-corrected chi connectivity index (χ1v) is 28.3. The van der Waals surface area contributed by atoms with Gasteiger partial charge in [0.15, 0.2) is 18.9 Å². The highest BCUT2D eigenvalue weighted by molar-refractivity contribution is 5.76. The number of aliphatic hydroxyl groups is 11. The number of ether oxygens (including phenoxy) is 6. The Balaban J connectivity index is 1.50. The molecule has 0 radical (unpaired) electrons. The lowest BCUT2D eigenvalue weighted by Crippen LogP contribution is -2.66. The van der Waals surface area contributed by atoms with Crippen LogP contribution in [0.15, 0.2) is 0 Å². The van der Waals surface area contributed by atoms with E-state index in [2.05, 4.69) is 19.2 Å². The van der Waals surface area contributed by atoms with E-state index in [9.17, 15) is 61.0 Å². The summed E-state index contributed by atoms with van der Waals surface area (Å²) in [5.41, 5.74) is 0. The minimum atomic E-state index is -1.97. The Hall–Kier alpha value is -1.21. The lowest BCUT2D eigenvalue weighted by atomic mass is 9.96. The molecule has 17 unspecified atom stereocenters. The second kappa shape index (κ2) is 38.4. The Morgan fingerprint density at radius 3 is 1.21 bits per heavy atom. The Labute approximate surface area is 430 Å². The van der Waals surface area contributed by atoms with Gasteiger partial charge in [-0.2, -0.15) is 0 Å². The number of nitrogens with one attached hydrogen (secondary N) is 1. The minimum absolute atomic E-state index is 0.245. The fourth-order valence-corrected chi connectivity index (χ4v) is 9.96. The van der Waals surface area contributed by atoms with Crippen molar-refractivity contribution in [3.05, 3.63) is 0 Å². The molecule has 0 aliphatic carbocycles. The molecule has 0 aromatic rings. The monoisotopic (exact) mass is 1040 g/mol. The van der Waals surface area contributed by atoms with E-state index >= 15 is 0 Å². The normalized spacial score (nSPS) is 31.9. The maximum Gasteiger partial charge on any atom is 0.220 e. The number of hydrogen-bond acceptors (Lipinski definition) is 18. The zero-order valence-electron chi connectivity index (χ0n) is 43.9. The van der Waals surface area contributed by atoms with E-state index in [0.717, 1.165) is 44.9 Å². The zero-order valence-corrected chi connectivity index (χ0v) is 43.9. The molecule has 3 aliphatic heterocycles. The fourth-order valence-electron chi connectivity index (χ4n) is 9.96. The van der Waals surface area contributed by atoms with E-state index in [1.54, 1.807) is 0 Å². The van der Waals surface area contributed by atoms with Gasteiger partial charge < -0.3 is 89.9 Å². The van der Waals surface area contributed by atoms with E-state index in [1.807, 2.05) is 0 Å². The second-order valence-electron chi connectivity index (χ2n) is 20.8. The Morgan fingerprint density at radius 1 is 0.444 bits per heavy atom. The molecule has 19 heteroatoms. The maximum absolute atomic E-state index is 13.2. The van der Waals surface area contributed by atoms with Crippen LogP contribution in [0.4, 0.5) is 0 Å². The Kier molecular flexibility index (Phi) is 34.7. The third-order valence-electron chi connectivity index (χ3n) is 14.7. The van der Waals surface area contributed by atoms with Crippen molar-refractivity contribution >= 4 is 5.91 Å². The highest BCUT2D eigenvalue weighted by Crippen LogP contribution is 2.33. The number of amides is 1. The van der Waals surface area contributed by atoms with Gasteiger partial charge in [-0.15, -0.1) is 0 Å². The Morgan fingerprint density at radius 2 is 0.792 bits per heavy atom. The molecule has 0 aromatic heterocycles. The molecule has 0 saturated carbocycles. The average Bonchev–Trinajstić information content (AvgIpc) is 3.37. The topological polar surface area (TPSA) is 307 Å². The molecule has 3 heterocycles. The molecule has 12 N–H and O–H groups in total.